The standard InChI is InChI=1S/C16H26N2O4S/c1-6-15(16(19)18(7-2)8-3)22-14-11-9-13(10-12-14)17(4)23(5,20)21/h9-12,15H,6-8H2,1-5H3/t15-/m1/s1. The zero-order valence-electron chi connectivity index (χ0n) is 14.4. The summed E-state index contributed by atoms with van der Waals surface area (Å²) in [5.74, 6) is 0.512. The Morgan fingerprint density at radius 1 is 1.13 bits per heavy atom. The molecule has 0 heterocycles. The Balaban J connectivity index is 2.86. The molecule has 1 aromatic carbocycles. The van der Waals surface area contributed by atoms with Crippen LogP contribution in [0.2, 0.25) is 0 Å². The highest BCUT2D eigenvalue weighted by Crippen LogP contribution is 2.22. The predicted molar refractivity (Wildman–Crippen MR) is 92.3 cm³/mol. The van der Waals surface area contributed by atoms with E-state index in [1.165, 1.54) is 11.4 Å². The van der Waals surface area contributed by atoms with Crippen molar-refractivity contribution in [3.8, 4) is 5.75 Å². The van der Waals surface area contributed by atoms with Crippen molar-refractivity contribution in [2.24, 2.45) is 0 Å². The Morgan fingerprint density at radius 3 is 2.04 bits per heavy atom. The SMILES string of the molecule is CC[C@@H](Oc1ccc(N(C)S(C)(=O)=O)cc1)C(=O)N(CC)CC. The summed E-state index contributed by atoms with van der Waals surface area (Å²) in [7, 11) is -1.81. The molecule has 0 aliphatic carbocycles. The summed E-state index contributed by atoms with van der Waals surface area (Å²) in [6.45, 7) is 7.06. The zero-order valence-corrected chi connectivity index (χ0v) is 15.3. The molecule has 130 valence electrons. The normalized spacial score (nSPS) is 12.6. The summed E-state index contributed by atoms with van der Waals surface area (Å²) in [5.41, 5.74) is 0.544. The number of carbonyl (C=O) groups excluding carboxylic acids is 1. The first kappa shape index (κ1) is 19.3. The van der Waals surface area contributed by atoms with E-state index in [0.29, 0.717) is 30.9 Å². The quantitative estimate of drug-likeness (QED) is 0.726. The van der Waals surface area contributed by atoms with Crippen LogP contribution in [0.25, 0.3) is 0 Å². The van der Waals surface area contributed by atoms with Crippen LogP contribution in [-0.2, 0) is 14.8 Å². The van der Waals surface area contributed by atoms with Gasteiger partial charge in [-0.2, -0.15) is 0 Å². The van der Waals surface area contributed by atoms with E-state index in [-0.39, 0.29) is 5.91 Å². The molecule has 6 nitrogen and oxygen atoms in total. The van der Waals surface area contributed by atoms with E-state index in [9.17, 15) is 13.2 Å². The van der Waals surface area contributed by atoms with Gasteiger partial charge in [-0.3, -0.25) is 9.10 Å². The van der Waals surface area contributed by atoms with Crippen LogP contribution < -0.4 is 9.04 Å². The van der Waals surface area contributed by atoms with E-state index in [2.05, 4.69) is 0 Å². The molecule has 23 heavy (non-hydrogen) atoms. The van der Waals surface area contributed by atoms with Crippen molar-refractivity contribution >= 4 is 21.6 Å². The smallest absolute Gasteiger partial charge is 0.263 e. The van der Waals surface area contributed by atoms with Crippen molar-refractivity contribution in [3.05, 3.63) is 24.3 Å². The van der Waals surface area contributed by atoms with Gasteiger partial charge in [0.25, 0.3) is 5.91 Å². The minimum atomic E-state index is -3.30. The fourth-order valence-electron chi connectivity index (χ4n) is 2.14. The minimum absolute atomic E-state index is 0.0326. The van der Waals surface area contributed by atoms with Crippen molar-refractivity contribution in [2.45, 2.75) is 33.3 Å². The van der Waals surface area contributed by atoms with Crippen LogP contribution in [0.1, 0.15) is 27.2 Å². The van der Waals surface area contributed by atoms with Gasteiger partial charge in [0.2, 0.25) is 10.0 Å². The monoisotopic (exact) mass is 342 g/mol. The molecule has 0 fully saturated rings. The van der Waals surface area contributed by atoms with Gasteiger partial charge in [-0.25, -0.2) is 8.42 Å². The summed E-state index contributed by atoms with van der Waals surface area (Å²) in [6.07, 6.45) is 1.18. The van der Waals surface area contributed by atoms with E-state index in [1.807, 2.05) is 20.8 Å². The molecule has 1 aromatic rings. The summed E-state index contributed by atoms with van der Waals surface area (Å²) < 4.78 is 30.0. The summed E-state index contributed by atoms with van der Waals surface area (Å²) in [5, 5.41) is 0. The summed E-state index contributed by atoms with van der Waals surface area (Å²) in [6, 6.07) is 6.67. The number of amides is 1. The largest absolute Gasteiger partial charge is 0.481 e. The molecular formula is C16H26N2O4S. The van der Waals surface area contributed by atoms with Gasteiger partial charge >= 0.3 is 0 Å². The van der Waals surface area contributed by atoms with Crippen LogP contribution in [0.4, 0.5) is 5.69 Å². The second-order valence-electron chi connectivity index (χ2n) is 5.25. The number of likely N-dealkylation sites (N-methyl/N-ethyl adjacent to an activating group) is 1. The highest BCUT2D eigenvalue weighted by molar-refractivity contribution is 7.92. The fraction of sp³-hybridized carbons (Fsp3) is 0.562. The summed E-state index contributed by atoms with van der Waals surface area (Å²) >= 11 is 0. The second kappa shape index (κ2) is 8.19. The fourth-order valence-corrected chi connectivity index (χ4v) is 2.64. The molecule has 1 rings (SSSR count). The van der Waals surface area contributed by atoms with Gasteiger partial charge in [0.05, 0.1) is 11.9 Å². The van der Waals surface area contributed by atoms with Crippen LogP contribution >= 0.6 is 0 Å². The maximum Gasteiger partial charge on any atom is 0.263 e. The van der Waals surface area contributed by atoms with Gasteiger partial charge in [-0.15, -0.1) is 0 Å². The Labute approximate surface area is 139 Å². The molecule has 7 heteroatoms. The number of sulfonamides is 1. The molecule has 0 saturated carbocycles. The third kappa shape index (κ3) is 5.13. The van der Waals surface area contributed by atoms with Crippen molar-refractivity contribution < 1.29 is 17.9 Å². The molecule has 0 spiro atoms. The maximum absolute atomic E-state index is 12.4. The Bertz CT molecular complexity index is 609. The Kier molecular flexibility index (Phi) is 6.87. The minimum Gasteiger partial charge on any atom is -0.481 e. The molecule has 0 aliphatic heterocycles. The lowest BCUT2D eigenvalue weighted by Crippen LogP contribution is -2.41. The number of hydrogen-bond donors (Lipinski definition) is 0. The lowest BCUT2D eigenvalue weighted by Gasteiger charge is -2.25. The molecule has 0 radical (unpaired) electrons. The topological polar surface area (TPSA) is 66.9 Å². The van der Waals surface area contributed by atoms with E-state index in [1.54, 1.807) is 29.2 Å². The molecule has 0 unspecified atom stereocenters. The molecule has 0 aromatic heterocycles. The number of nitrogens with zero attached hydrogens (tertiary/aromatic N) is 2. The van der Waals surface area contributed by atoms with Crippen molar-refractivity contribution in [1.82, 2.24) is 4.90 Å². The molecule has 0 aliphatic rings. The van der Waals surface area contributed by atoms with Crippen LogP contribution in [0.3, 0.4) is 0 Å². The zero-order chi connectivity index (χ0) is 17.6. The van der Waals surface area contributed by atoms with E-state index >= 15 is 0 Å². The van der Waals surface area contributed by atoms with Crippen molar-refractivity contribution in [3.63, 3.8) is 0 Å². The third-order valence-corrected chi connectivity index (χ3v) is 4.90. The van der Waals surface area contributed by atoms with Gasteiger partial charge in [-0.1, -0.05) is 6.92 Å². The summed E-state index contributed by atoms with van der Waals surface area (Å²) in [4.78, 5) is 14.1. The average Bonchev–Trinajstić information content (AvgIpc) is 2.52. The number of carbonyl (C=O) groups is 1. The van der Waals surface area contributed by atoms with Crippen LogP contribution in [-0.4, -0.2) is 51.7 Å². The number of ether oxygens (including phenoxy) is 1. The third-order valence-electron chi connectivity index (χ3n) is 3.70. The first-order valence-corrected chi connectivity index (χ1v) is 9.58. The number of benzene rings is 1. The molecule has 0 saturated heterocycles. The first-order chi connectivity index (χ1) is 10.7. The molecule has 1 amide bonds. The highest BCUT2D eigenvalue weighted by atomic mass is 32.2. The highest BCUT2D eigenvalue weighted by Gasteiger charge is 2.22. The van der Waals surface area contributed by atoms with E-state index < -0.39 is 16.1 Å². The molecule has 0 N–H and O–H groups in total. The molecule has 1 atom stereocenters. The second-order valence-corrected chi connectivity index (χ2v) is 7.26. The van der Waals surface area contributed by atoms with Crippen LogP contribution in [0, 0.1) is 0 Å². The van der Waals surface area contributed by atoms with Gasteiger partial charge in [-0.05, 0) is 44.5 Å². The van der Waals surface area contributed by atoms with Crippen molar-refractivity contribution in [1.29, 1.82) is 0 Å². The first-order valence-electron chi connectivity index (χ1n) is 7.73. The Morgan fingerprint density at radius 2 is 1.65 bits per heavy atom. The van der Waals surface area contributed by atoms with Gasteiger partial charge < -0.3 is 9.64 Å². The number of anilines is 1. The van der Waals surface area contributed by atoms with Gasteiger partial charge in [0.1, 0.15) is 5.75 Å². The lowest BCUT2D eigenvalue weighted by molar-refractivity contribution is -0.138. The number of hydrogen-bond acceptors (Lipinski definition) is 4. The van der Waals surface area contributed by atoms with Gasteiger partial charge in [0, 0.05) is 20.1 Å². The van der Waals surface area contributed by atoms with Crippen LogP contribution in [0.5, 0.6) is 5.75 Å². The van der Waals surface area contributed by atoms with Gasteiger partial charge in [0.15, 0.2) is 6.10 Å². The number of rotatable bonds is 8. The average molecular weight is 342 g/mol. The molecule has 0 bridgehead atoms. The Hall–Kier alpha value is -1.76. The molecular weight excluding hydrogens is 316 g/mol. The van der Waals surface area contributed by atoms with Crippen molar-refractivity contribution in [2.75, 3.05) is 30.7 Å². The van der Waals surface area contributed by atoms with E-state index in [0.717, 1.165) is 6.26 Å². The predicted octanol–water partition coefficient (Wildman–Crippen LogP) is 2.11. The maximum atomic E-state index is 12.4. The lowest BCUT2D eigenvalue weighted by atomic mass is 10.2. The van der Waals surface area contributed by atoms with E-state index in [4.69, 9.17) is 4.74 Å². The van der Waals surface area contributed by atoms with Crippen LogP contribution in [0.15, 0.2) is 24.3 Å².